The lowest BCUT2D eigenvalue weighted by molar-refractivity contribution is 0.222. The van der Waals surface area contributed by atoms with E-state index >= 15 is 0 Å². The van der Waals surface area contributed by atoms with E-state index in [4.69, 9.17) is 23.2 Å². The fourth-order valence-electron chi connectivity index (χ4n) is 3.16. The van der Waals surface area contributed by atoms with E-state index in [0.717, 1.165) is 41.1 Å². The summed E-state index contributed by atoms with van der Waals surface area (Å²) in [5.74, 6) is 0. The molecule has 4 rings (SSSR count). The third-order valence-corrected chi connectivity index (χ3v) is 6.32. The number of hydrazine groups is 1. The van der Waals surface area contributed by atoms with Crippen LogP contribution in [0.15, 0.2) is 12.1 Å². The zero-order chi connectivity index (χ0) is 17.7. The highest BCUT2D eigenvalue weighted by molar-refractivity contribution is 7.16. The first kappa shape index (κ1) is 16.5. The number of aryl methyl sites for hydroxylation is 1. The molecule has 1 aliphatic carbocycles. The van der Waals surface area contributed by atoms with Crippen molar-refractivity contribution < 1.29 is 10.0 Å². The number of amides is 2. The molecule has 2 aliphatic rings. The first-order valence-electron chi connectivity index (χ1n) is 7.65. The minimum Gasteiger partial charge on any atom is -0.304 e. The molecule has 0 atom stereocenters. The summed E-state index contributed by atoms with van der Waals surface area (Å²) in [6.07, 6.45) is 3.77. The van der Waals surface area contributed by atoms with Gasteiger partial charge in [0.25, 0.3) is 0 Å². The lowest BCUT2D eigenvalue weighted by atomic mass is 9.96. The van der Waals surface area contributed by atoms with Crippen molar-refractivity contribution >= 4 is 56.9 Å². The van der Waals surface area contributed by atoms with E-state index in [9.17, 15) is 15.3 Å². The fourth-order valence-corrected chi connectivity index (χ4v) is 4.80. The highest BCUT2D eigenvalue weighted by Crippen LogP contribution is 2.44. The largest absolute Gasteiger partial charge is 0.348 e. The van der Waals surface area contributed by atoms with E-state index in [0.29, 0.717) is 21.4 Å². The third-order valence-electron chi connectivity index (χ3n) is 4.33. The number of halogens is 2. The molecule has 2 amide bonds. The van der Waals surface area contributed by atoms with Crippen molar-refractivity contribution in [2.24, 2.45) is 0 Å². The van der Waals surface area contributed by atoms with Gasteiger partial charge in [-0.05, 0) is 43.4 Å². The Bertz CT molecular complexity index is 937. The lowest BCUT2D eigenvalue weighted by Gasteiger charge is -2.35. The maximum Gasteiger partial charge on any atom is 0.348 e. The summed E-state index contributed by atoms with van der Waals surface area (Å²) in [6, 6.07) is 4.56. The number of fused-ring (bicyclic) bond motifs is 2. The number of nitrogens with zero attached hydrogens (tertiary/aromatic N) is 3. The van der Waals surface area contributed by atoms with Gasteiger partial charge in [-0.3, -0.25) is 5.21 Å². The van der Waals surface area contributed by atoms with Crippen molar-refractivity contribution in [1.29, 1.82) is 5.26 Å². The molecule has 2 aromatic rings. The van der Waals surface area contributed by atoms with Crippen LogP contribution in [0.25, 0.3) is 0 Å². The van der Waals surface area contributed by atoms with Crippen molar-refractivity contribution in [3.63, 3.8) is 0 Å². The number of urea groups is 1. The van der Waals surface area contributed by atoms with Gasteiger partial charge in [-0.1, -0.05) is 23.2 Å². The number of rotatable bonds is 1. The van der Waals surface area contributed by atoms with Gasteiger partial charge in [0, 0.05) is 4.88 Å². The second kappa shape index (κ2) is 6.07. The predicted octanol–water partition coefficient (Wildman–Crippen LogP) is 4.97. The van der Waals surface area contributed by atoms with Crippen LogP contribution >= 0.6 is 34.5 Å². The van der Waals surface area contributed by atoms with Crippen molar-refractivity contribution in [1.82, 2.24) is 0 Å². The summed E-state index contributed by atoms with van der Waals surface area (Å²) < 4.78 is 0. The minimum atomic E-state index is -0.566. The van der Waals surface area contributed by atoms with Crippen LogP contribution < -0.4 is 15.5 Å². The van der Waals surface area contributed by atoms with Crippen LogP contribution in [0.1, 0.15) is 28.8 Å². The lowest BCUT2D eigenvalue weighted by Crippen LogP contribution is -2.51. The topological polar surface area (TPSA) is 79.6 Å². The molecule has 0 spiro atoms. The number of anilines is 3. The second-order valence-electron chi connectivity index (χ2n) is 5.82. The van der Waals surface area contributed by atoms with Crippen molar-refractivity contribution in [3.05, 3.63) is 38.2 Å². The zero-order valence-corrected chi connectivity index (χ0v) is 15.2. The quantitative estimate of drug-likeness (QED) is 0.715. The van der Waals surface area contributed by atoms with Gasteiger partial charge in [-0.25, -0.2) is 4.79 Å². The Morgan fingerprint density at radius 2 is 1.96 bits per heavy atom. The number of benzene rings is 1. The van der Waals surface area contributed by atoms with Crippen molar-refractivity contribution in [2.45, 2.75) is 25.7 Å². The average Bonchev–Trinajstić information content (AvgIpc) is 2.95. The Labute approximate surface area is 157 Å². The molecule has 2 N–H and O–H groups in total. The molecule has 1 aromatic carbocycles. The van der Waals surface area contributed by atoms with Gasteiger partial charge in [-0.15, -0.1) is 11.3 Å². The molecule has 0 unspecified atom stereocenters. The molecule has 128 valence electrons. The molecule has 0 bridgehead atoms. The number of carbonyl (C=O) groups is 1. The monoisotopic (exact) mass is 394 g/mol. The number of nitrogens with one attached hydrogen (secondary N) is 1. The summed E-state index contributed by atoms with van der Waals surface area (Å²) in [4.78, 5) is 13.7. The smallest absolute Gasteiger partial charge is 0.304 e. The predicted molar refractivity (Wildman–Crippen MR) is 97.9 cm³/mol. The molecule has 1 aromatic heterocycles. The molecule has 0 radical (unpaired) electrons. The summed E-state index contributed by atoms with van der Waals surface area (Å²) in [5.41, 5.74) is 2.05. The number of nitriles is 1. The third kappa shape index (κ3) is 2.53. The minimum absolute atomic E-state index is 0.251. The van der Waals surface area contributed by atoms with Crippen molar-refractivity contribution in [3.8, 4) is 6.07 Å². The normalized spacial score (nSPS) is 16.2. The molecule has 25 heavy (non-hydrogen) atoms. The number of thiophene rings is 1. The van der Waals surface area contributed by atoms with Crippen LogP contribution in [-0.2, 0) is 12.8 Å². The van der Waals surface area contributed by atoms with Crippen LogP contribution in [0.2, 0.25) is 10.0 Å². The standard InChI is InChI=1S/C16H12Cl2N4O2S/c17-10-5-12-13(6-11(10)18)22(24)21(16(23)20-12)15-9(7-19)8-3-1-2-4-14(8)25-15/h5-6,24H,1-4H2,(H,20,23). The van der Waals surface area contributed by atoms with Gasteiger partial charge in [0.05, 0.1) is 21.3 Å². The summed E-state index contributed by atoms with van der Waals surface area (Å²) in [7, 11) is 0. The van der Waals surface area contributed by atoms with Crippen molar-refractivity contribution in [2.75, 3.05) is 15.5 Å². The Morgan fingerprint density at radius 1 is 1.24 bits per heavy atom. The SMILES string of the molecule is N#Cc1c(N2C(=O)Nc3cc(Cl)c(Cl)cc3N2O)sc2c1CCCC2. The molecule has 0 saturated heterocycles. The summed E-state index contributed by atoms with van der Waals surface area (Å²) >= 11 is 13.4. The van der Waals surface area contributed by atoms with E-state index in [1.165, 1.54) is 23.5 Å². The maximum absolute atomic E-state index is 12.6. The molecule has 0 fully saturated rings. The number of hydrogen-bond donors (Lipinski definition) is 2. The fraction of sp³-hybridized carbons (Fsp3) is 0.250. The van der Waals surface area contributed by atoms with Gasteiger partial charge in [0.1, 0.15) is 16.8 Å². The van der Waals surface area contributed by atoms with E-state index in [1.807, 2.05) is 0 Å². The van der Waals surface area contributed by atoms with Crippen LogP contribution in [-0.4, -0.2) is 11.2 Å². The average molecular weight is 395 g/mol. The zero-order valence-electron chi connectivity index (χ0n) is 12.8. The van der Waals surface area contributed by atoms with Crippen LogP contribution in [0.5, 0.6) is 0 Å². The molecular weight excluding hydrogens is 383 g/mol. The molecular formula is C16H12Cl2N4O2S. The van der Waals surface area contributed by atoms with Crippen LogP contribution in [0.4, 0.5) is 21.2 Å². The highest BCUT2D eigenvalue weighted by atomic mass is 35.5. The van der Waals surface area contributed by atoms with E-state index in [-0.39, 0.29) is 15.7 Å². The van der Waals surface area contributed by atoms with Gasteiger partial charge in [0.15, 0.2) is 0 Å². The maximum atomic E-state index is 12.6. The summed E-state index contributed by atoms with van der Waals surface area (Å²) in [6.45, 7) is 0. The molecule has 9 heteroatoms. The van der Waals surface area contributed by atoms with E-state index < -0.39 is 6.03 Å². The first-order valence-corrected chi connectivity index (χ1v) is 9.22. The van der Waals surface area contributed by atoms with Crippen LogP contribution in [0, 0.1) is 11.3 Å². The second-order valence-corrected chi connectivity index (χ2v) is 7.72. The van der Waals surface area contributed by atoms with Gasteiger partial charge in [-0.2, -0.15) is 15.4 Å². The first-order chi connectivity index (χ1) is 12.0. The highest BCUT2D eigenvalue weighted by Gasteiger charge is 2.36. The molecule has 0 saturated carbocycles. The van der Waals surface area contributed by atoms with E-state index in [1.54, 1.807) is 0 Å². The Hall–Kier alpha value is -1.98. The molecule has 6 nitrogen and oxygen atoms in total. The Balaban J connectivity index is 1.84. The van der Waals surface area contributed by atoms with Crippen LogP contribution in [0.3, 0.4) is 0 Å². The summed E-state index contributed by atoms with van der Waals surface area (Å²) in [5, 5.41) is 25.6. The molecule has 1 aliphatic heterocycles. The number of carbonyl (C=O) groups excluding carboxylic acids is 1. The Kier molecular flexibility index (Phi) is 4.01. The van der Waals surface area contributed by atoms with Gasteiger partial charge >= 0.3 is 6.03 Å². The van der Waals surface area contributed by atoms with Gasteiger partial charge < -0.3 is 5.32 Å². The van der Waals surface area contributed by atoms with Gasteiger partial charge in [0.2, 0.25) is 0 Å². The molecule has 2 heterocycles. The number of hydrogen-bond acceptors (Lipinski definition) is 5. The Morgan fingerprint density at radius 3 is 2.72 bits per heavy atom. The van der Waals surface area contributed by atoms with E-state index in [2.05, 4.69) is 11.4 Å².